The number of carbonyl (C=O) groups excluding carboxylic acids is 1. The van der Waals surface area contributed by atoms with Gasteiger partial charge in [0.05, 0.1) is 7.11 Å². The van der Waals surface area contributed by atoms with Crippen molar-refractivity contribution in [2.75, 3.05) is 7.11 Å². The predicted molar refractivity (Wildman–Crippen MR) is 67.3 cm³/mol. The Labute approximate surface area is 103 Å². The van der Waals surface area contributed by atoms with E-state index in [0.717, 1.165) is 6.42 Å². The summed E-state index contributed by atoms with van der Waals surface area (Å²) in [5, 5.41) is 0. The summed E-state index contributed by atoms with van der Waals surface area (Å²) in [6, 6.07) is 7.15. The highest BCUT2D eigenvalue weighted by Gasteiger charge is 2.15. The van der Waals surface area contributed by atoms with Crippen LogP contribution >= 0.6 is 0 Å². The van der Waals surface area contributed by atoms with E-state index in [0.29, 0.717) is 17.9 Å². The Morgan fingerprint density at radius 3 is 2.29 bits per heavy atom. The number of ether oxygens (including phenoxy) is 2. The first kappa shape index (κ1) is 13.6. The molecule has 0 N–H and O–H groups in total. The van der Waals surface area contributed by atoms with Crippen molar-refractivity contribution in [3.63, 3.8) is 0 Å². The van der Waals surface area contributed by atoms with E-state index in [2.05, 4.69) is 20.8 Å². The maximum Gasteiger partial charge on any atom is 0.311 e. The normalized spacial score (nSPS) is 11.1. The van der Waals surface area contributed by atoms with Crippen molar-refractivity contribution >= 4 is 5.97 Å². The molecule has 94 valence electrons. The number of rotatable bonds is 4. The maximum atomic E-state index is 11.6. The average molecular weight is 236 g/mol. The molecule has 0 radical (unpaired) electrons. The molecule has 0 amide bonds. The van der Waals surface area contributed by atoms with Crippen LogP contribution in [0.4, 0.5) is 0 Å². The van der Waals surface area contributed by atoms with Crippen LogP contribution in [0.25, 0.3) is 0 Å². The van der Waals surface area contributed by atoms with Gasteiger partial charge in [-0.3, -0.25) is 4.79 Å². The highest BCUT2D eigenvalue weighted by molar-refractivity contribution is 5.73. The van der Waals surface area contributed by atoms with Crippen LogP contribution in [0.3, 0.4) is 0 Å². The van der Waals surface area contributed by atoms with Gasteiger partial charge in [-0.05, 0) is 24.0 Å². The number of methoxy groups -OCH3 is 1. The first-order chi connectivity index (χ1) is 7.92. The maximum absolute atomic E-state index is 11.6. The number of carbonyl (C=O) groups is 1. The van der Waals surface area contributed by atoms with E-state index in [1.807, 2.05) is 12.1 Å². The molecule has 1 aromatic rings. The second-order valence-corrected chi connectivity index (χ2v) is 5.19. The largest absolute Gasteiger partial charge is 0.493 e. The fourth-order valence-corrected chi connectivity index (χ4v) is 1.35. The zero-order valence-electron chi connectivity index (χ0n) is 10.9. The molecule has 0 saturated carbocycles. The molecule has 0 saturated heterocycles. The van der Waals surface area contributed by atoms with Gasteiger partial charge in [0, 0.05) is 6.42 Å². The van der Waals surface area contributed by atoms with Gasteiger partial charge in [0.1, 0.15) is 0 Å². The van der Waals surface area contributed by atoms with Crippen LogP contribution in [-0.2, 0) is 4.79 Å². The SMILES string of the molecule is COc1ccccc1OC(=O)CCC(C)(C)C. The van der Waals surface area contributed by atoms with Crippen LogP contribution < -0.4 is 9.47 Å². The van der Waals surface area contributed by atoms with Gasteiger partial charge in [-0.15, -0.1) is 0 Å². The first-order valence-corrected chi connectivity index (χ1v) is 5.76. The molecule has 0 unspecified atom stereocenters. The van der Waals surface area contributed by atoms with E-state index >= 15 is 0 Å². The summed E-state index contributed by atoms with van der Waals surface area (Å²) in [5.74, 6) is 0.843. The average Bonchev–Trinajstić information content (AvgIpc) is 2.26. The molecule has 17 heavy (non-hydrogen) atoms. The van der Waals surface area contributed by atoms with Crippen LogP contribution in [-0.4, -0.2) is 13.1 Å². The molecule has 3 heteroatoms. The van der Waals surface area contributed by atoms with E-state index in [9.17, 15) is 4.79 Å². The van der Waals surface area contributed by atoms with Crippen molar-refractivity contribution in [2.45, 2.75) is 33.6 Å². The summed E-state index contributed by atoms with van der Waals surface area (Å²) in [6.07, 6.45) is 1.22. The zero-order valence-corrected chi connectivity index (χ0v) is 10.9. The van der Waals surface area contributed by atoms with E-state index in [-0.39, 0.29) is 11.4 Å². The lowest BCUT2D eigenvalue weighted by Crippen LogP contribution is -2.13. The number of esters is 1. The van der Waals surface area contributed by atoms with E-state index in [1.54, 1.807) is 19.2 Å². The van der Waals surface area contributed by atoms with Crippen molar-refractivity contribution in [3.8, 4) is 11.5 Å². The monoisotopic (exact) mass is 236 g/mol. The minimum absolute atomic E-state index is 0.139. The van der Waals surface area contributed by atoms with E-state index in [4.69, 9.17) is 9.47 Å². The van der Waals surface area contributed by atoms with Crippen LogP contribution in [0.2, 0.25) is 0 Å². The summed E-state index contributed by atoms with van der Waals surface area (Å²) in [5.41, 5.74) is 0.139. The minimum Gasteiger partial charge on any atom is -0.493 e. The van der Waals surface area contributed by atoms with Crippen LogP contribution in [0, 0.1) is 5.41 Å². The molecule has 3 nitrogen and oxygen atoms in total. The molecule has 0 bridgehead atoms. The number of para-hydroxylation sites is 2. The molecule has 0 aromatic heterocycles. The van der Waals surface area contributed by atoms with Gasteiger partial charge in [-0.2, -0.15) is 0 Å². The van der Waals surface area contributed by atoms with Gasteiger partial charge in [0.2, 0.25) is 0 Å². The molecule has 1 rings (SSSR count). The first-order valence-electron chi connectivity index (χ1n) is 5.76. The third kappa shape index (κ3) is 4.89. The highest BCUT2D eigenvalue weighted by Crippen LogP contribution is 2.27. The Balaban J connectivity index is 2.56. The number of hydrogen-bond donors (Lipinski definition) is 0. The van der Waals surface area contributed by atoms with Crippen molar-refractivity contribution in [2.24, 2.45) is 5.41 Å². The molecule has 0 spiro atoms. The molecule has 0 aliphatic carbocycles. The van der Waals surface area contributed by atoms with Crippen molar-refractivity contribution in [1.29, 1.82) is 0 Å². The van der Waals surface area contributed by atoms with Crippen molar-refractivity contribution in [1.82, 2.24) is 0 Å². The summed E-state index contributed by atoms with van der Waals surface area (Å²) < 4.78 is 10.4. The molecule has 1 aromatic carbocycles. The lowest BCUT2D eigenvalue weighted by Gasteiger charge is -2.17. The van der Waals surface area contributed by atoms with Gasteiger partial charge < -0.3 is 9.47 Å². The van der Waals surface area contributed by atoms with Gasteiger partial charge in [0.15, 0.2) is 11.5 Å². The topological polar surface area (TPSA) is 35.5 Å². The van der Waals surface area contributed by atoms with Crippen molar-refractivity contribution in [3.05, 3.63) is 24.3 Å². The van der Waals surface area contributed by atoms with E-state index < -0.39 is 0 Å². The summed E-state index contributed by atoms with van der Waals surface area (Å²) in [6.45, 7) is 6.30. The van der Waals surface area contributed by atoms with Gasteiger partial charge in [0.25, 0.3) is 0 Å². The predicted octanol–water partition coefficient (Wildman–Crippen LogP) is 3.43. The minimum atomic E-state index is -0.218. The van der Waals surface area contributed by atoms with Gasteiger partial charge >= 0.3 is 5.97 Å². The number of benzene rings is 1. The third-order valence-corrected chi connectivity index (χ3v) is 2.37. The third-order valence-electron chi connectivity index (χ3n) is 2.37. The molecule has 0 heterocycles. The fourth-order valence-electron chi connectivity index (χ4n) is 1.35. The summed E-state index contributed by atoms with van der Waals surface area (Å²) in [7, 11) is 1.56. The second kappa shape index (κ2) is 5.71. The van der Waals surface area contributed by atoms with E-state index in [1.165, 1.54) is 0 Å². The lowest BCUT2D eigenvalue weighted by molar-refractivity contribution is -0.135. The lowest BCUT2D eigenvalue weighted by atomic mass is 9.91. The second-order valence-electron chi connectivity index (χ2n) is 5.19. The standard InChI is InChI=1S/C14H20O3/c1-14(2,3)10-9-13(15)17-12-8-6-5-7-11(12)16-4/h5-8H,9-10H2,1-4H3. The Hall–Kier alpha value is -1.51. The fraction of sp³-hybridized carbons (Fsp3) is 0.500. The van der Waals surface area contributed by atoms with Crippen molar-refractivity contribution < 1.29 is 14.3 Å². The molecule has 0 aliphatic rings. The van der Waals surface area contributed by atoms with Crippen LogP contribution in [0.15, 0.2) is 24.3 Å². The molecule has 0 aliphatic heterocycles. The summed E-state index contributed by atoms with van der Waals surface area (Å²) >= 11 is 0. The Morgan fingerprint density at radius 1 is 1.18 bits per heavy atom. The Kier molecular flexibility index (Phi) is 4.55. The Morgan fingerprint density at radius 2 is 1.76 bits per heavy atom. The van der Waals surface area contributed by atoms with Gasteiger partial charge in [-0.1, -0.05) is 32.9 Å². The van der Waals surface area contributed by atoms with Crippen LogP contribution in [0.1, 0.15) is 33.6 Å². The highest BCUT2D eigenvalue weighted by atomic mass is 16.6. The molecular weight excluding hydrogens is 216 g/mol. The number of hydrogen-bond acceptors (Lipinski definition) is 3. The van der Waals surface area contributed by atoms with Crippen LogP contribution in [0.5, 0.6) is 11.5 Å². The smallest absolute Gasteiger partial charge is 0.311 e. The quantitative estimate of drug-likeness (QED) is 0.593. The summed E-state index contributed by atoms with van der Waals surface area (Å²) in [4.78, 5) is 11.6. The zero-order chi connectivity index (χ0) is 12.9. The van der Waals surface area contributed by atoms with Gasteiger partial charge in [-0.25, -0.2) is 0 Å². The Bertz CT molecular complexity index is 377. The molecule has 0 atom stereocenters. The molecular formula is C14H20O3. The molecule has 0 fully saturated rings.